The molecule has 2 rings (SSSR count). The summed E-state index contributed by atoms with van der Waals surface area (Å²) in [4.78, 5) is 25.2. The highest BCUT2D eigenvalue weighted by Gasteiger charge is 2.21. The summed E-state index contributed by atoms with van der Waals surface area (Å²) < 4.78 is 0. The minimum atomic E-state index is -1.63. The molecule has 1 amide bonds. The molecule has 1 aromatic carbocycles. The summed E-state index contributed by atoms with van der Waals surface area (Å²) in [6.07, 6.45) is 0. The van der Waals surface area contributed by atoms with Crippen molar-refractivity contribution < 1.29 is 14.7 Å². The van der Waals surface area contributed by atoms with Gasteiger partial charge in [0.2, 0.25) is 0 Å². The number of nitrogens with zero attached hydrogens (tertiary/aromatic N) is 2. The van der Waals surface area contributed by atoms with Gasteiger partial charge in [0.1, 0.15) is 5.97 Å². The van der Waals surface area contributed by atoms with E-state index in [0.717, 1.165) is 5.69 Å². The van der Waals surface area contributed by atoms with Gasteiger partial charge in [-0.3, -0.25) is 4.79 Å². The molecule has 0 bridgehead atoms. The van der Waals surface area contributed by atoms with E-state index in [4.69, 9.17) is 0 Å². The summed E-state index contributed by atoms with van der Waals surface area (Å²) in [5.41, 5.74) is 2.29. The number of rotatable bonds is 1. The lowest BCUT2D eigenvalue weighted by Gasteiger charge is -2.36. The second kappa shape index (κ2) is 5.08. The fraction of sp³-hybridized carbons (Fsp3) is 0.385. The van der Waals surface area contributed by atoms with Gasteiger partial charge in [-0.25, -0.2) is 0 Å². The highest BCUT2D eigenvalue weighted by atomic mass is 16.4. The van der Waals surface area contributed by atoms with E-state index in [-0.39, 0.29) is 0 Å². The molecular weight excluding hydrogens is 232 g/mol. The third kappa shape index (κ3) is 2.61. The van der Waals surface area contributed by atoms with E-state index in [1.54, 1.807) is 0 Å². The highest BCUT2D eigenvalue weighted by molar-refractivity contribution is 6.30. The van der Waals surface area contributed by atoms with Crippen molar-refractivity contribution in [2.75, 3.05) is 31.1 Å². The quantitative estimate of drug-likeness (QED) is 0.621. The Kier molecular flexibility index (Phi) is 3.50. The molecule has 1 aromatic rings. The molecule has 1 aliphatic heterocycles. The van der Waals surface area contributed by atoms with Crippen LogP contribution in [0.4, 0.5) is 5.69 Å². The van der Waals surface area contributed by atoms with Gasteiger partial charge in [-0.1, -0.05) is 12.1 Å². The number of benzene rings is 1. The third-order valence-electron chi connectivity index (χ3n) is 3.11. The largest absolute Gasteiger partial charge is 0.540 e. The van der Waals surface area contributed by atoms with Gasteiger partial charge in [-0.2, -0.15) is 0 Å². The average molecular weight is 247 g/mol. The Labute approximate surface area is 106 Å². The maximum absolute atomic E-state index is 11.2. The zero-order valence-corrected chi connectivity index (χ0v) is 10.3. The first kappa shape index (κ1) is 12.4. The maximum atomic E-state index is 11.2. The highest BCUT2D eigenvalue weighted by Crippen LogP contribution is 2.17. The molecule has 0 saturated carbocycles. The van der Waals surface area contributed by atoms with Crippen molar-refractivity contribution in [3.8, 4) is 0 Å². The predicted molar refractivity (Wildman–Crippen MR) is 65.0 cm³/mol. The van der Waals surface area contributed by atoms with E-state index >= 15 is 0 Å². The Morgan fingerprint density at radius 2 is 1.83 bits per heavy atom. The molecule has 0 unspecified atom stereocenters. The summed E-state index contributed by atoms with van der Waals surface area (Å²) in [5.74, 6) is -2.54. The van der Waals surface area contributed by atoms with Crippen LogP contribution in [0.25, 0.3) is 0 Å². The lowest BCUT2D eigenvalue weighted by atomic mass is 10.2. The van der Waals surface area contributed by atoms with Gasteiger partial charge in [0.05, 0.1) is 0 Å². The monoisotopic (exact) mass is 247 g/mol. The number of hydrogen-bond donors (Lipinski definition) is 0. The summed E-state index contributed by atoms with van der Waals surface area (Å²) in [7, 11) is 0. The van der Waals surface area contributed by atoms with Crippen LogP contribution in [0.3, 0.4) is 0 Å². The lowest BCUT2D eigenvalue weighted by Crippen LogP contribution is -2.53. The van der Waals surface area contributed by atoms with E-state index in [0.29, 0.717) is 26.2 Å². The van der Waals surface area contributed by atoms with Gasteiger partial charge >= 0.3 is 0 Å². The Morgan fingerprint density at radius 1 is 1.17 bits per heavy atom. The molecule has 5 nitrogen and oxygen atoms in total. The standard InChI is InChI=1S/C13H16N2O3/c1-10-3-2-4-11(9-10)14-5-7-15(8-6-14)12(16)13(17)18/h2-4,9H,5-8H2,1H3,(H,17,18)/p-1. The van der Waals surface area contributed by atoms with Crippen LogP contribution in [-0.4, -0.2) is 43.0 Å². The molecule has 1 aliphatic rings. The Hall–Kier alpha value is -2.04. The number of carboxylic acid groups (broad SMARTS) is 1. The van der Waals surface area contributed by atoms with Crippen LogP contribution in [0.1, 0.15) is 5.56 Å². The summed E-state index contributed by atoms with van der Waals surface area (Å²) >= 11 is 0. The fourth-order valence-electron chi connectivity index (χ4n) is 2.12. The van der Waals surface area contributed by atoms with E-state index in [2.05, 4.69) is 11.0 Å². The van der Waals surface area contributed by atoms with Gasteiger partial charge in [0.25, 0.3) is 5.91 Å². The number of piperazine rings is 1. The van der Waals surface area contributed by atoms with E-state index < -0.39 is 11.9 Å². The molecule has 1 heterocycles. The van der Waals surface area contributed by atoms with E-state index in [1.807, 2.05) is 25.1 Å². The van der Waals surface area contributed by atoms with Crippen molar-refractivity contribution in [1.29, 1.82) is 0 Å². The zero-order valence-electron chi connectivity index (χ0n) is 10.3. The van der Waals surface area contributed by atoms with Crippen molar-refractivity contribution in [2.45, 2.75) is 6.92 Å². The average Bonchev–Trinajstić information content (AvgIpc) is 2.38. The third-order valence-corrected chi connectivity index (χ3v) is 3.11. The summed E-state index contributed by atoms with van der Waals surface area (Å²) in [6.45, 7) is 4.14. The molecular formula is C13H15N2O3-. The molecule has 0 aliphatic carbocycles. The maximum Gasteiger partial charge on any atom is 0.269 e. The number of hydrogen-bond acceptors (Lipinski definition) is 4. The van der Waals surface area contributed by atoms with Gasteiger partial charge in [0, 0.05) is 31.9 Å². The minimum Gasteiger partial charge on any atom is -0.540 e. The second-order valence-electron chi connectivity index (χ2n) is 4.41. The fourth-order valence-corrected chi connectivity index (χ4v) is 2.12. The predicted octanol–water partition coefficient (Wildman–Crippen LogP) is -0.606. The van der Waals surface area contributed by atoms with Crippen LogP contribution < -0.4 is 10.0 Å². The molecule has 1 fully saturated rings. The molecule has 5 heteroatoms. The minimum absolute atomic E-state index is 0.417. The number of carbonyl (C=O) groups excluding carboxylic acids is 2. The molecule has 96 valence electrons. The molecule has 0 spiro atoms. The normalized spacial score (nSPS) is 15.6. The van der Waals surface area contributed by atoms with Crippen molar-refractivity contribution in [2.24, 2.45) is 0 Å². The number of carbonyl (C=O) groups is 2. The van der Waals surface area contributed by atoms with Crippen molar-refractivity contribution in [3.63, 3.8) is 0 Å². The molecule has 18 heavy (non-hydrogen) atoms. The number of anilines is 1. The summed E-state index contributed by atoms with van der Waals surface area (Å²) in [5, 5.41) is 10.5. The van der Waals surface area contributed by atoms with Crippen molar-refractivity contribution >= 4 is 17.6 Å². The SMILES string of the molecule is Cc1cccc(N2CCN(C(=O)C(=O)[O-])CC2)c1. The first-order valence-electron chi connectivity index (χ1n) is 5.90. The molecule has 0 aromatic heterocycles. The molecule has 0 N–H and O–H groups in total. The van der Waals surface area contributed by atoms with Gasteiger partial charge < -0.3 is 19.7 Å². The molecule has 1 saturated heterocycles. The van der Waals surface area contributed by atoms with Gasteiger partial charge in [-0.05, 0) is 24.6 Å². The zero-order chi connectivity index (χ0) is 13.1. The topological polar surface area (TPSA) is 63.7 Å². The number of carboxylic acids is 1. The molecule has 0 radical (unpaired) electrons. The smallest absolute Gasteiger partial charge is 0.269 e. The first-order valence-corrected chi connectivity index (χ1v) is 5.90. The van der Waals surface area contributed by atoms with Crippen LogP contribution in [0, 0.1) is 6.92 Å². The van der Waals surface area contributed by atoms with E-state index in [9.17, 15) is 14.7 Å². The van der Waals surface area contributed by atoms with Crippen molar-refractivity contribution in [1.82, 2.24) is 4.90 Å². The second-order valence-corrected chi connectivity index (χ2v) is 4.41. The Balaban J connectivity index is 1.98. The number of aliphatic carboxylic acids is 1. The van der Waals surface area contributed by atoms with E-state index in [1.165, 1.54) is 10.5 Å². The van der Waals surface area contributed by atoms with Crippen LogP contribution in [0.15, 0.2) is 24.3 Å². The Morgan fingerprint density at radius 3 is 2.39 bits per heavy atom. The van der Waals surface area contributed by atoms with Crippen LogP contribution in [0.5, 0.6) is 0 Å². The van der Waals surface area contributed by atoms with Crippen molar-refractivity contribution in [3.05, 3.63) is 29.8 Å². The lowest BCUT2D eigenvalue weighted by molar-refractivity contribution is -0.301. The number of amides is 1. The van der Waals surface area contributed by atoms with Gasteiger partial charge in [-0.15, -0.1) is 0 Å². The Bertz CT molecular complexity index is 465. The van der Waals surface area contributed by atoms with Gasteiger partial charge in [0.15, 0.2) is 0 Å². The first-order chi connectivity index (χ1) is 8.58. The van der Waals surface area contributed by atoms with Crippen LogP contribution in [-0.2, 0) is 9.59 Å². The van der Waals surface area contributed by atoms with Crippen LogP contribution >= 0.6 is 0 Å². The molecule has 0 atom stereocenters. The van der Waals surface area contributed by atoms with Crippen LogP contribution in [0.2, 0.25) is 0 Å². The summed E-state index contributed by atoms with van der Waals surface area (Å²) in [6, 6.07) is 8.11. The number of aryl methyl sites for hydroxylation is 1.